The third-order valence-corrected chi connectivity index (χ3v) is 6.05. The van der Waals surface area contributed by atoms with Crippen LogP contribution in [0.5, 0.6) is 0 Å². The number of anilines is 1. The molecule has 3 aromatic rings. The highest BCUT2D eigenvalue weighted by atomic mass is 35.5. The quantitative estimate of drug-likeness (QED) is 0.574. The van der Waals surface area contributed by atoms with E-state index in [4.69, 9.17) is 16.3 Å². The Balaban J connectivity index is 1.46. The van der Waals surface area contributed by atoms with Crippen LogP contribution in [-0.4, -0.2) is 64.9 Å². The van der Waals surface area contributed by atoms with Gasteiger partial charge in [0.25, 0.3) is 0 Å². The van der Waals surface area contributed by atoms with Gasteiger partial charge in [0.05, 0.1) is 17.4 Å². The molecule has 0 saturated carbocycles. The molecular weight excluding hydrogens is 466 g/mol. The number of carbonyl (C=O) groups excluding carboxylic acids is 2. The van der Waals surface area contributed by atoms with Crippen molar-refractivity contribution < 1.29 is 14.3 Å². The first-order chi connectivity index (χ1) is 16.7. The number of hydrogen-bond donors (Lipinski definition) is 1. The predicted molar refractivity (Wildman–Crippen MR) is 137 cm³/mol. The summed E-state index contributed by atoms with van der Waals surface area (Å²) in [7, 11) is 0. The van der Waals surface area contributed by atoms with E-state index in [0.717, 1.165) is 22.2 Å². The second-order valence-electron chi connectivity index (χ2n) is 9.59. The van der Waals surface area contributed by atoms with Gasteiger partial charge in [-0.1, -0.05) is 41.9 Å². The second kappa shape index (κ2) is 10.5. The number of fused-ring (bicyclic) bond motifs is 1. The molecule has 1 saturated heterocycles. The molecule has 2 heterocycles. The van der Waals surface area contributed by atoms with Crippen molar-refractivity contribution in [1.82, 2.24) is 20.4 Å². The van der Waals surface area contributed by atoms with E-state index in [1.54, 1.807) is 44.0 Å². The third-order valence-electron chi connectivity index (χ3n) is 5.80. The first-order valence-electron chi connectivity index (χ1n) is 11.7. The molecule has 0 bridgehead atoms. The molecule has 8 nitrogen and oxygen atoms in total. The van der Waals surface area contributed by atoms with Crippen LogP contribution in [0.3, 0.4) is 0 Å². The van der Waals surface area contributed by atoms with Crippen molar-refractivity contribution in [1.29, 1.82) is 0 Å². The zero-order valence-electron chi connectivity index (χ0n) is 20.2. The summed E-state index contributed by atoms with van der Waals surface area (Å²) in [5.41, 5.74) is 2.09. The van der Waals surface area contributed by atoms with Crippen LogP contribution in [0.2, 0.25) is 5.02 Å². The number of rotatable bonds is 5. The Morgan fingerprint density at radius 3 is 2.43 bits per heavy atom. The lowest BCUT2D eigenvalue weighted by Crippen LogP contribution is -2.56. The van der Waals surface area contributed by atoms with Gasteiger partial charge in [0.15, 0.2) is 0 Å². The molecule has 1 aliphatic heterocycles. The summed E-state index contributed by atoms with van der Waals surface area (Å²) < 4.78 is 5.42. The number of hydrogen-bond acceptors (Lipinski definition) is 6. The Labute approximate surface area is 210 Å². The molecule has 1 aliphatic rings. The van der Waals surface area contributed by atoms with Crippen LogP contribution in [0.4, 0.5) is 10.5 Å². The Morgan fingerprint density at radius 1 is 1.06 bits per heavy atom. The highest BCUT2D eigenvalue weighted by Gasteiger charge is 2.31. The van der Waals surface area contributed by atoms with E-state index in [0.29, 0.717) is 37.6 Å². The fraction of sp³-hybridized carbons (Fsp3) is 0.385. The molecule has 0 unspecified atom stereocenters. The maximum Gasteiger partial charge on any atom is 0.408 e. The molecule has 1 aromatic heterocycles. The SMILES string of the molecule is CC(C)(C)OC(=O)N[C@H](Cc1ccc(Cl)cc1)C(=O)N1CCN(c2cnnc3ccccc23)CC1. The molecule has 0 aliphatic carbocycles. The molecule has 1 atom stereocenters. The lowest BCUT2D eigenvalue weighted by Gasteiger charge is -2.38. The molecule has 0 spiro atoms. The average molecular weight is 496 g/mol. The van der Waals surface area contributed by atoms with Gasteiger partial charge in [0, 0.05) is 43.0 Å². The Hall–Kier alpha value is -3.39. The summed E-state index contributed by atoms with van der Waals surface area (Å²) in [6, 6.07) is 14.4. The largest absolute Gasteiger partial charge is 0.444 e. The summed E-state index contributed by atoms with van der Waals surface area (Å²) in [4.78, 5) is 30.0. The number of halogens is 1. The number of aromatic nitrogens is 2. The Morgan fingerprint density at radius 2 is 1.74 bits per heavy atom. The van der Waals surface area contributed by atoms with E-state index in [-0.39, 0.29) is 5.91 Å². The maximum absolute atomic E-state index is 13.5. The summed E-state index contributed by atoms with van der Waals surface area (Å²) in [5.74, 6) is -0.136. The average Bonchev–Trinajstić information content (AvgIpc) is 2.83. The zero-order chi connectivity index (χ0) is 25.0. The van der Waals surface area contributed by atoms with E-state index in [1.807, 2.05) is 36.4 Å². The van der Waals surface area contributed by atoms with Crippen LogP contribution in [0.1, 0.15) is 26.3 Å². The molecular formula is C26H30ClN5O3. The minimum absolute atomic E-state index is 0.136. The van der Waals surface area contributed by atoms with E-state index in [2.05, 4.69) is 20.4 Å². The van der Waals surface area contributed by atoms with E-state index in [1.165, 1.54) is 0 Å². The normalized spacial score (nSPS) is 15.1. The van der Waals surface area contributed by atoms with Crippen molar-refractivity contribution in [3.05, 3.63) is 65.3 Å². The Bertz CT molecular complexity index is 1180. The number of amides is 2. The van der Waals surface area contributed by atoms with E-state index < -0.39 is 17.7 Å². The number of benzene rings is 2. The molecule has 4 rings (SSSR count). The number of piperazine rings is 1. The summed E-state index contributed by atoms with van der Waals surface area (Å²) in [6.45, 7) is 7.74. The van der Waals surface area contributed by atoms with Crippen molar-refractivity contribution >= 4 is 40.2 Å². The summed E-state index contributed by atoms with van der Waals surface area (Å²) >= 11 is 6.01. The monoisotopic (exact) mass is 495 g/mol. The van der Waals surface area contributed by atoms with Gasteiger partial charge >= 0.3 is 6.09 Å². The van der Waals surface area contributed by atoms with Crippen molar-refractivity contribution in [3.8, 4) is 0 Å². The highest BCUT2D eigenvalue weighted by Crippen LogP contribution is 2.25. The molecule has 1 fully saturated rings. The van der Waals surface area contributed by atoms with Crippen LogP contribution in [0, 0.1) is 0 Å². The van der Waals surface area contributed by atoms with Crippen LogP contribution in [0.25, 0.3) is 10.9 Å². The minimum Gasteiger partial charge on any atom is -0.444 e. The van der Waals surface area contributed by atoms with Gasteiger partial charge in [0.1, 0.15) is 11.6 Å². The molecule has 1 N–H and O–H groups in total. The van der Waals surface area contributed by atoms with Gasteiger partial charge in [-0.15, -0.1) is 0 Å². The zero-order valence-corrected chi connectivity index (χ0v) is 21.0. The van der Waals surface area contributed by atoms with Crippen LogP contribution in [-0.2, 0) is 16.0 Å². The third kappa shape index (κ3) is 6.39. The van der Waals surface area contributed by atoms with Gasteiger partial charge in [-0.05, 0) is 44.5 Å². The number of nitrogens with zero attached hydrogens (tertiary/aromatic N) is 4. The fourth-order valence-electron chi connectivity index (χ4n) is 4.14. The van der Waals surface area contributed by atoms with Gasteiger partial charge in [-0.3, -0.25) is 4.79 Å². The Kier molecular flexibility index (Phi) is 7.40. The maximum atomic E-state index is 13.5. The van der Waals surface area contributed by atoms with Crippen LogP contribution in [0.15, 0.2) is 54.7 Å². The summed E-state index contributed by atoms with van der Waals surface area (Å²) in [6.07, 6.45) is 1.50. The van der Waals surface area contributed by atoms with Crippen LogP contribution >= 0.6 is 11.6 Å². The van der Waals surface area contributed by atoms with Gasteiger partial charge in [-0.25, -0.2) is 4.79 Å². The van der Waals surface area contributed by atoms with Gasteiger partial charge < -0.3 is 19.9 Å². The van der Waals surface area contributed by atoms with Crippen molar-refractivity contribution in [3.63, 3.8) is 0 Å². The lowest BCUT2D eigenvalue weighted by molar-refractivity contribution is -0.133. The molecule has 184 valence electrons. The lowest BCUT2D eigenvalue weighted by atomic mass is 10.0. The van der Waals surface area contributed by atoms with Gasteiger partial charge in [0.2, 0.25) is 5.91 Å². The molecule has 35 heavy (non-hydrogen) atoms. The number of ether oxygens (including phenoxy) is 1. The fourth-order valence-corrected chi connectivity index (χ4v) is 4.26. The van der Waals surface area contributed by atoms with E-state index in [9.17, 15) is 9.59 Å². The highest BCUT2D eigenvalue weighted by molar-refractivity contribution is 6.30. The van der Waals surface area contributed by atoms with Crippen molar-refractivity contribution in [2.75, 3.05) is 31.1 Å². The predicted octanol–water partition coefficient (Wildman–Crippen LogP) is 4.07. The van der Waals surface area contributed by atoms with E-state index >= 15 is 0 Å². The molecule has 2 amide bonds. The number of alkyl carbamates (subject to hydrolysis) is 1. The molecule has 0 radical (unpaired) electrons. The van der Waals surface area contributed by atoms with Crippen LogP contribution < -0.4 is 10.2 Å². The topological polar surface area (TPSA) is 87.7 Å². The molecule has 2 aromatic carbocycles. The first-order valence-corrected chi connectivity index (χ1v) is 12.1. The van der Waals surface area contributed by atoms with Gasteiger partial charge in [-0.2, -0.15) is 10.2 Å². The second-order valence-corrected chi connectivity index (χ2v) is 10.0. The number of carbonyl (C=O) groups is 2. The minimum atomic E-state index is -0.749. The van der Waals surface area contributed by atoms with Crippen molar-refractivity contribution in [2.45, 2.75) is 38.8 Å². The summed E-state index contributed by atoms with van der Waals surface area (Å²) in [5, 5.41) is 12.8. The number of nitrogens with one attached hydrogen (secondary N) is 1. The smallest absolute Gasteiger partial charge is 0.408 e. The molecule has 9 heteroatoms. The standard InChI is InChI=1S/C26H30ClN5O3/c1-26(2,3)35-25(34)29-22(16-18-8-10-19(27)11-9-18)24(33)32-14-12-31(13-15-32)23-17-28-30-21-7-5-4-6-20(21)23/h4-11,17,22H,12-16H2,1-3H3,(H,29,34)/t22-/m1/s1. The van der Waals surface area contributed by atoms with Crippen molar-refractivity contribution in [2.24, 2.45) is 0 Å². The first kappa shape index (κ1) is 24.7.